The number of ether oxygens (including phenoxy) is 2. The number of carbonyl (C=O) groups excluding carboxylic acids is 1. The molecule has 0 spiro atoms. The lowest BCUT2D eigenvalue weighted by Gasteiger charge is -2.27. The topological polar surface area (TPSA) is 67.5 Å². The molecule has 5 rings (SSSR count). The van der Waals surface area contributed by atoms with Crippen molar-refractivity contribution in [2.24, 2.45) is 0 Å². The largest absolute Gasteiger partial charge is 0.486 e. The molecule has 3 heterocycles. The Morgan fingerprint density at radius 2 is 2.00 bits per heavy atom. The molecular weight excluding hydrogens is 366 g/mol. The van der Waals surface area contributed by atoms with Gasteiger partial charge in [-0.3, -0.25) is 4.79 Å². The maximum absolute atomic E-state index is 12.9. The first-order chi connectivity index (χ1) is 14.3. The molecule has 0 bridgehead atoms. The summed E-state index contributed by atoms with van der Waals surface area (Å²) in [5.74, 6) is 2.75. The Kier molecular flexibility index (Phi) is 4.84. The summed E-state index contributed by atoms with van der Waals surface area (Å²) in [6.07, 6.45) is 4.15. The number of H-pyrrole nitrogens is 1. The quantitative estimate of drug-likeness (QED) is 0.713. The van der Waals surface area contributed by atoms with Crippen LogP contribution in [0.2, 0.25) is 0 Å². The van der Waals surface area contributed by atoms with E-state index in [1.165, 1.54) is 0 Å². The van der Waals surface area contributed by atoms with Crippen molar-refractivity contribution in [1.82, 2.24) is 14.9 Å². The number of nitrogens with zero attached hydrogens (tertiary/aromatic N) is 2. The van der Waals surface area contributed by atoms with Gasteiger partial charge in [0.05, 0.1) is 17.1 Å². The number of imidazole rings is 1. The van der Waals surface area contributed by atoms with Gasteiger partial charge in [-0.15, -0.1) is 0 Å². The van der Waals surface area contributed by atoms with E-state index in [1.807, 2.05) is 41.3 Å². The molecule has 1 N–H and O–H groups in total. The third kappa shape index (κ3) is 3.67. The summed E-state index contributed by atoms with van der Waals surface area (Å²) >= 11 is 0. The SMILES string of the molecule is O=C(CCCc1nc2ccccc2[nH]1)N1CCCC1c1ccc2c(c1)OCCO2. The molecule has 1 fully saturated rings. The number of nitrogens with one attached hydrogen (secondary N) is 1. The van der Waals surface area contributed by atoms with E-state index >= 15 is 0 Å². The van der Waals surface area contributed by atoms with Crippen molar-refractivity contribution < 1.29 is 14.3 Å². The highest BCUT2D eigenvalue weighted by molar-refractivity contribution is 5.77. The minimum atomic E-state index is 0.129. The van der Waals surface area contributed by atoms with Crippen LogP contribution < -0.4 is 9.47 Å². The van der Waals surface area contributed by atoms with Crippen LogP contribution in [0.5, 0.6) is 11.5 Å². The van der Waals surface area contributed by atoms with Crippen LogP contribution in [-0.2, 0) is 11.2 Å². The molecule has 1 aromatic heterocycles. The van der Waals surface area contributed by atoms with Crippen LogP contribution in [0.15, 0.2) is 42.5 Å². The first-order valence-corrected chi connectivity index (χ1v) is 10.4. The number of carbonyl (C=O) groups is 1. The van der Waals surface area contributed by atoms with Crippen molar-refractivity contribution in [2.75, 3.05) is 19.8 Å². The second-order valence-corrected chi connectivity index (χ2v) is 7.70. The van der Waals surface area contributed by atoms with Gasteiger partial charge in [-0.25, -0.2) is 4.98 Å². The molecule has 0 radical (unpaired) electrons. The zero-order chi connectivity index (χ0) is 19.6. The van der Waals surface area contributed by atoms with E-state index in [4.69, 9.17) is 9.47 Å². The van der Waals surface area contributed by atoms with Gasteiger partial charge in [-0.05, 0) is 49.1 Å². The highest BCUT2D eigenvalue weighted by atomic mass is 16.6. The average Bonchev–Trinajstić information content (AvgIpc) is 3.40. The van der Waals surface area contributed by atoms with Gasteiger partial charge in [0.25, 0.3) is 0 Å². The van der Waals surface area contributed by atoms with Gasteiger partial charge in [0.1, 0.15) is 19.0 Å². The summed E-state index contributed by atoms with van der Waals surface area (Å²) in [5.41, 5.74) is 3.16. The number of hydrogen-bond donors (Lipinski definition) is 1. The Hall–Kier alpha value is -3.02. The van der Waals surface area contributed by atoms with Crippen molar-refractivity contribution in [2.45, 2.75) is 38.1 Å². The Morgan fingerprint density at radius 3 is 2.90 bits per heavy atom. The molecule has 2 aliphatic heterocycles. The summed E-state index contributed by atoms with van der Waals surface area (Å²) in [5, 5.41) is 0. The number of amides is 1. The molecule has 150 valence electrons. The molecule has 3 aromatic rings. The number of benzene rings is 2. The summed E-state index contributed by atoms with van der Waals surface area (Å²) in [7, 11) is 0. The lowest BCUT2D eigenvalue weighted by molar-refractivity contribution is -0.132. The number of para-hydroxylation sites is 2. The molecule has 1 amide bonds. The van der Waals surface area contributed by atoms with Crippen LogP contribution in [-0.4, -0.2) is 40.5 Å². The lowest BCUT2D eigenvalue weighted by atomic mass is 10.0. The molecule has 2 aliphatic rings. The average molecular weight is 391 g/mol. The maximum atomic E-state index is 12.9. The predicted molar refractivity (Wildman–Crippen MR) is 110 cm³/mol. The standard InChI is InChI=1S/C23H25N3O3/c27-23(9-3-8-22-24-17-5-1-2-6-18(17)25-22)26-12-4-7-19(26)16-10-11-20-21(15-16)29-14-13-28-20/h1-2,5-6,10-11,15,19H,3-4,7-9,12-14H2,(H,24,25). The van der Waals surface area contributed by atoms with Crippen LogP contribution in [0.1, 0.15) is 43.1 Å². The fourth-order valence-corrected chi connectivity index (χ4v) is 4.35. The molecule has 1 atom stereocenters. The van der Waals surface area contributed by atoms with E-state index in [0.717, 1.165) is 66.1 Å². The predicted octanol–water partition coefficient (Wildman–Crippen LogP) is 4.02. The summed E-state index contributed by atoms with van der Waals surface area (Å²) in [6.45, 7) is 1.99. The first-order valence-electron chi connectivity index (χ1n) is 10.4. The Bertz CT molecular complexity index is 996. The molecule has 6 nitrogen and oxygen atoms in total. The smallest absolute Gasteiger partial charge is 0.223 e. The van der Waals surface area contributed by atoms with E-state index in [1.54, 1.807) is 0 Å². The van der Waals surface area contributed by atoms with E-state index in [-0.39, 0.29) is 11.9 Å². The summed E-state index contributed by atoms with van der Waals surface area (Å²) in [6, 6.07) is 14.2. The zero-order valence-corrected chi connectivity index (χ0v) is 16.4. The highest BCUT2D eigenvalue weighted by Gasteiger charge is 2.30. The second kappa shape index (κ2) is 7.78. The van der Waals surface area contributed by atoms with Gasteiger partial charge >= 0.3 is 0 Å². The number of aryl methyl sites for hydroxylation is 1. The normalized spacial score (nSPS) is 18.3. The van der Waals surface area contributed by atoms with Gasteiger partial charge < -0.3 is 19.4 Å². The van der Waals surface area contributed by atoms with Gasteiger partial charge in [-0.1, -0.05) is 18.2 Å². The van der Waals surface area contributed by atoms with Gasteiger partial charge in [0.15, 0.2) is 11.5 Å². The first kappa shape index (κ1) is 18.0. The fourth-order valence-electron chi connectivity index (χ4n) is 4.35. The molecule has 0 aliphatic carbocycles. The molecule has 2 aromatic carbocycles. The number of hydrogen-bond acceptors (Lipinski definition) is 4. The van der Waals surface area contributed by atoms with Crippen LogP contribution in [0.25, 0.3) is 11.0 Å². The molecule has 6 heteroatoms. The zero-order valence-electron chi connectivity index (χ0n) is 16.4. The number of aromatic amines is 1. The minimum Gasteiger partial charge on any atom is -0.486 e. The minimum absolute atomic E-state index is 0.129. The molecular formula is C23H25N3O3. The molecule has 1 unspecified atom stereocenters. The van der Waals surface area contributed by atoms with Crippen molar-refractivity contribution in [1.29, 1.82) is 0 Å². The Labute approximate surface area is 169 Å². The van der Waals surface area contributed by atoms with Crippen LogP contribution in [0.3, 0.4) is 0 Å². The van der Waals surface area contributed by atoms with Crippen molar-refractivity contribution >= 4 is 16.9 Å². The number of rotatable bonds is 5. The monoisotopic (exact) mass is 391 g/mol. The van der Waals surface area contributed by atoms with Gasteiger partial charge in [0.2, 0.25) is 5.91 Å². The van der Waals surface area contributed by atoms with Crippen LogP contribution in [0, 0.1) is 0 Å². The number of likely N-dealkylation sites (tertiary alicyclic amines) is 1. The third-order valence-electron chi connectivity index (χ3n) is 5.77. The fraction of sp³-hybridized carbons (Fsp3) is 0.391. The highest BCUT2D eigenvalue weighted by Crippen LogP contribution is 2.38. The van der Waals surface area contributed by atoms with E-state index in [9.17, 15) is 4.79 Å². The number of aromatic nitrogens is 2. The van der Waals surface area contributed by atoms with Crippen LogP contribution >= 0.6 is 0 Å². The summed E-state index contributed by atoms with van der Waals surface area (Å²) in [4.78, 5) is 22.9. The van der Waals surface area contributed by atoms with Crippen molar-refractivity contribution in [3.63, 3.8) is 0 Å². The van der Waals surface area contributed by atoms with Gasteiger partial charge in [0, 0.05) is 19.4 Å². The summed E-state index contributed by atoms with van der Waals surface area (Å²) < 4.78 is 11.3. The van der Waals surface area contributed by atoms with E-state index in [0.29, 0.717) is 19.6 Å². The van der Waals surface area contributed by atoms with E-state index in [2.05, 4.69) is 16.0 Å². The van der Waals surface area contributed by atoms with E-state index < -0.39 is 0 Å². The Morgan fingerprint density at radius 1 is 1.14 bits per heavy atom. The third-order valence-corrected chi connectivity index (χ3v) is 5.77. The van der Waals surface area contributed by atoms with Crippen molar-refractivity contribution in [3.8, 4) is 11.5 Å². The number of fused-ring (bicyclic) bond motifs is 2. The Balaban J connectivity index is 1.22. The van der Waals surface area contributed by atoms with Crippen molar-refractivity contribution in [3.05, 3.63) is 53.9 Å². The second-order valence-electron chi connectivity index (χ2n) is 7.70. The molecule has 1 saturated heterocycles. The van der Waals surface area contributed by atoms with Crippen LogP contribution in [0.4, 0.5) is 0 Å². The van der Waals surface area contributed by atoms with Gasteiger partial charge in [-0.2, -0.15) is 0 Å². The molecule has 29 heavy (non-hydrogen) atoms. The molecule has 0 saturated carbocycles. The lowest BCUT2D eigenvalue weighted by Crippen LogP contribution is -2.30. The maximum Gasteiger partial charge on any atom is 0.223 e.